The lowest BCUT2D eigenvalue weighted by atomic mass is 9.96. The summed E-state index contributed by atoms with van der Waals surface area (Å²) in [5.41, 5.74) is 8.24. The first-order chi connectivity index (χ1) is 11.3. The van der Waals surface area contributed by atoms with Gasteiger partial charge < -0.3 is 5.73 Å². The Balaban J connectivity index is 1.69. The van der Waals surface area contributed by atoms with Gasteiger partial charge in [-0.25, -0.2) is 0 Å². The summed E-state index contributed by atoms with van der Waals surface area (Å²) in [6.45, 7) is 2.08. The van der Waals surface area contributed by atoms with E-state index in [0.717, 1.165) is 41.8 Å². The molecule has 0 radical (unpaired) electrons. The normalized spacial score (nSPS) is 15.1. The summed E-state index contributed by atoms with van der Waals surface area (Å²) in [7, 11) is 0. The van der Waals surface area contributed by atoms with Crippen LogP contribution in [0.4, 0.5) is 13.2 Å². The number of hydrogen-bond donors (Lipinski definition) is 1. The Morgan fingerprint density at radius 1 is 1.08 bits per heavy atom. The molecule has 0 saturated carbocycles. The molecule has 2 aromatic carbocycles. The van der Waals surface area contributed by atoms with E-state index in [0.29, 0.717) is 18.7 Å². The molecule has 0 atom stereocenters. The summed E-state index contributed by atoms with van der Waals surface area (Å²) in [5.74, 6) is -0.440. The van der Waals surface area contributed by atoms with Gasteiger partial charge >= 0.3 is 6.18 Å². The lowest BCUT2D eigenvalue weighted by Gasteiger charge is -2.29. The molecule has 1 heterocycles. The Morgan fingerprint density at radius 3 is 2.42 bits per heavy atom. The maximum absolute atomic E-state index is 12.6. The molecule has 0 spiro atoms. The Kier molecular flexibility index (Phi) is 4.32. The van der Waals surface area contributed by atoms with E-state index in [-0.39, 0.29) is 0 Å². The molecule has 0 aliphatic carbocycles. The van der Waals surface area contributed by atoms with Crippen molar-refractivity contribution in [2.45, 2.75) is 25.7 Å². The fourth-order valence-electron chi connectivity index (χ4n) is 2.96. The molecule has 0 bridgehead atoms. The lowest BCUT2D eigenvalue weighted by Crippen LogP contribution is -2.30. The molecule has 0 unspecified atom stereocenters. The highest BCUT2D eigenvalue weighted by molar-refractivity contribution is 5.93. The van der Waals surface area contributed by atoms with Crippen LogP contribution >= 0.6 is 0 Å². The van der Waals surface area contributed by atoms with E-state index in [9.17, 15) is 18.0 Å². The summed E-state index contributed by atoms with van der Waals surface area (Å²) in [5, 5.41) is 0. The molecule has 0 fully saturated rings. The molecule has 1 aliphatic heterocycles. The third-order valence-corrected chi connectivity index (χ3v) is 4.27. The molecule has 3 nitrogen and oxygen atoms in total. The maximum atomic E-state index is 12.6. The zero-order valence-corrected chi connectivity index (χ0v) is 12.9. The van der Waals surface area contributed by atoms with Crippen molar-refractivity contribution in [1.29, 1.82) is 0 Å². The second kappa shape index (κ2) is 6.28. The van der Waals surface area contributed by atoms with Gasteiger partial charge in [0.2, 0.25) is 5.91 Å². The Hall–Kier alpha value is -2.34. The summed E-state index contributed by atoms with van der Waals surface area (Å²) >= 11 is 0. The topological polar surface area (TPSA) is 46.3 Å². The number of amides is 1. The minimum Gasteiger partial charge on any atom is -0.366 e. The van der Waals surface area contributed by atoms with Gasteiger partial charge in [-0.05, 0) is 47.4 Å². The molecule has 1 amide bonds. The summed E-state index contributed by atoms with van der Waals surface area (Å²) < 4.78 is 37.8. The van der Waals surface area contributed by atoms with Gasteiger partial charge in [-0.15, -0.1) is 0 Å². The molecule has 0 aromatic heterocycles. The van der Waals surface area contributed by atoms with Crippen molar-refractivity contribution in [1.82, 2.24) is 4.90 Å². The number of carbonyl (C=O) groups excluding carboxylic acids is 1. The fourth-order valence-corrected chi connectivity index (χ4v) is 2.96. The number of fused-ring (bicyclic) bond motifs is 1. The molecule has 6 heteroatoms. The lowest BCUT2D eigenvalue weighted by molar-refractivity contribution is -0.137. The predicted octanol–water partition coefficient (Wildman–Crippen LogP) is 3.36. The highest BCUT2D eigenvalue weighted by atomic mass is 19.4. The van der Waals surface area contributed by atoms with Crippen LogP contribution in [-0.2, 0) is 25.7 Å². The summed E-state index contributed by atoms with van der Waals surface area (Å²) in [6, 6.07) is 10.7. The zero-order chi connectivity index (χ0) is 17.3. The number of nitrogens with zero attached hydrogens (tertiary/aromatic N) is 1. The molecule has 2 aromatic rings. The van der Waals surface area contributed by atoms with E-state index in [1.165, 1.54) is 12.1 Å². The molecule has 0 saturated heterocycles. The van der Waals surface area contributed by atoms with Gasteiger partial charge in [0.15, 0.2) is 0 Å². The number of benzene rings is 2. The van der Waals surface area contributed by atoms with Gasteiger partial charge in [0.05, 0.1) is 5.56 Å². The number of halogens is 3. The fraction of sp³-hybridized carbons (Fsp3) is 0.278. The standard InChI is InChI=1S/C18H17F3N2O/c19-18(20,21)16-5-1-12(2-6-16)10-23-8-7-13-9-14(17(22)24)3-4-15(13)11-23/h1-6,9H,7-8,10-11H2,(H2,22,24). The molecular formula is C18H17F3N2O. The number of primary amides is 1. The van der Waals surface area contributed by atoms with Crippen LogP contribution in [0.5, 0.6) is 0 Å². The van der Waals surface area contributed by atoms with Crippen molar-refractivity contribution in [3.63, 3.8) is 0 Å². The van der Waals surface area contributed by atoms with Crippen molar-refractivity contribution in [3.8, 4) is 0 Å². The minimum atomic E-state index is -4.30. The third kappa shape index (κ3) is 3.59. The van der Waals surface area contributed by atoms with Crippen LogP contribution in [0.25, 0.3) is 0 Å². The SMILES string of the molecule is NC(=O)c1ccc2c(c1)CCN(Cc1ccc(C(F)(F)F)cc1)C2. The molecular weight excluding hydrogens is 317 g/mol. The first-order valence-electron chi connectivity index (χ1n) is 7.63. The number of hydrogen-bond acceptors (Lipinski definition) is 2. The molecule has 24 heavy (non-hydrogen) atoms. The van der Waals surface area contributed by atoms with E-state index in [4.69, 9.17) is 5.73 Å². The van der Waals surface area contributed by atoms with Crippen LogP contribution < -0.4 is 5.73 Å². The van der Waals surface area contributed by atoms with Crippen molar-refractivity contribution in [2.24, 2.45) is 5.73 Å². The van der Waals surface area contributed by atoms with Gasteiger partial charge in [-0.1, -0.05) is 18.2 Å². The van der Waals surface area contributed by atoms with Gasteiger partial charge in [0.1, 0.15) is 0 Å². The van der Waals surface area contributed by atoms with E-state index in [1.54, 1.807) is 6.07 Å². The Labute approximate surface area is 137 Å². The van der Waals surface area contributed by atoms with Gasteiger partial charge in [0.25, 0.3) is 0 Å². The van der Waals surface area contributed by atoms with E-state index >= 15 is 0 Å². The molecule has 1 aliphatic rings. The monoisotopic (exact) mass is 334 g/mol. The summed E-state index contributed by atoms with van der Waals surface area (Å²) in [6.07, 6.45) is -3.52. The van der Waals surface area contributed by atoms with E-state index < -0.39 is 17.6 Å². The van der Waals surface area contributed by atoms with Crippen LogP contribution in [-0.4, -0.2) is 17.4 Å². The number of alkyl halides is 3. The Morgan fingerprint density at radius 2 is 1.79 bits per heavy atom. The highest BCUT2D eigenvalue weighted by Crippen LogP contribution is 2.29. The third-order valence-electron chi connectivity index (χ3n) is 4.27. The van der Waals surface area contributed by atoms with Crippen LogP contribution in [0.1, 0.15) is 32.6 Å². The predicted molar refractivity (Wildman–Crippen MR) is 84.2 cm³/mol. The highest BCUT2D eigenvalue weighted by Gasteiger charge is 2.30. The summed E-state index contributed by atoms with van der Waals surface area (Å²) in [4.78, 5) is 13.4. The van der Waals surface area contributed by atoms with Crippen LogP contribution in [0.2, 0.25) is 0 Å². The van der Waals surface area contributed by atoms with Crippen LogP contribution in [0, 0.1) is 0 Å². The second-order valence-electron chi connectivity index (χ2n) is 6.00. The smallest absolute Gasteiger partial charge is 0.366 e. The number of rotatable bonds is 3. The minimum absolute atomic E-state index is 0.440. The molecule has 2 N–H and O–H groups in total. The first-order valence-corrected chi connectivity index (χ1v) is 7.63. The van der Waals surface area contributed by atoms with E-state index in [2.05, 4.69) is 4.90 Å². The van der Waals surface area contributed by atoms with Gasteiger partial charge in [-0.3, -0.25) is 9.69 Å². The molecule has 3 rings (SSSR count). The van der Waals surface area contributed by atoms with Crippen molar-refractivity contribution >= 4 is 5.91 Å². The van der Waals surface area contributed by atoms with E-state index in [1.807, 2.05) is 12.1 Å². The average Bonchev–Trinajstić information content (AvgIpc) is 2.54. The van der Waals surface area contributed by atoms with Crippen LogP contribution in [0.3, 0.4) is 0 Å². The maximum Gasteiger partial charge on any atom is 0.416 e. The van der Waals surface area contributed by atoms with Crippen molar-refractivity contribution in [2.75, 3.05) is 6.54 Å². The average molecular weight is 334 g/mol. The van der Waals surface area contributed by atoms with Gasteiger partial charge in [-0.2, -0.15) is 13.2 Å². The van der Waals surface area contributed by atoms with Crippen LogP contribution in [0.15, 0.2) is 42.5 Å². The zero-order valence-electron chi connectivity index (χ0n) is 12.9. The Bertz CT molecular complexity index is 754. The largest absolute Gasteiger partial charge is 0.416 e. The van der Waals surface area contributed by atoms with Crippen molar-refractivity contribution < 1.29 is 18.0 Å². The second-order valence-corrected chi connectivity index (χ2v) is 6.00. The first kappa shape index (κ1) is 16.5. The van der Waals surface area contributed by atoms with Gasteiger partial charge in [0, 0.05) is 25.2 Å². The number of nitrogens with two attached hydrogens (primary N) is 1. The quantitative estimate of drug-likeness (QED) is 0.935. The van der Waals surface area contributed by atoms with Crippen molar-refractivity contribution in [3.05, 3.63) is 70.3 Å². The number of carbonyl (C=O) groups is 1. The molecule has 126 valence electrons.